The minimum atomic E-state index is 0.464. The molecule has 0 unspecified atom stereocenters. The van der Waals surface area contributed by atoms with Gasteiger partial charge in [-0.15, -0.1) is 11.6 Å². The van der Waals surface area contributed by atoms with E-state index in [4.69, 9.17) is 11.6 Å². The maximum absolute atomic E-state index is 6.18. The van der Waals surface area contributed by atoms with Crippen LogP contribution in [0.4, 0.5) is 0 Å². The first kappa shape index (κ1) is 11.7. The maximum Gasteiger partial charge on any atom is 0.0336 e. The first-order valence-electron chi connectivity index (χ1n) is 6.44. The van der Waals surface area contributed by atoms with Crippen molar-refractivity contribution in [3.63, 3.8) is 0 Å². The van der Waals surface area contributed by atoms with Crippen molar-refractivity contribution in [1.29, 1.82) is 0 Å². The molecule has 1 aliphatic heterocycles. The van der Waals surface area contributed by atoms with Crippen molar-refractivity contribution in [2.75, 3.05) is 13.1 Å². The molecule has 0 radical (unpaired) electrons. The Labute approximate surface area is 99.0 Å². The molecule has 15 heavy (non-hydrogen) atoms. The Kier molecular flexibility index (Phi) is 3.62. The van der Waals surface area contributed by atoms with E-state index in [1.807, 2.05) is 0 Å². The molecular weight excluding hydrogens is 206 g/mol. The van der Waals surface area contributed by atoms with E-state index in [1.54, 1.807) is 0 Å². The Hall–Kier alpha value is 0.250. The van der Waals surface area contributed by atoms with Gasteiger partial charge >= 0.3 is 0 Å². The summed E-state index contributed by atoms with van der Waals surface area (Å²) in [6, 6.07) is 0. The van der Waals surface area contributed by atoms with Crippen molar-refractivity contribution >= 4 is 11.6 Å². The van der Waals surface area contributed by atoms with Crippen molar-refractivity contribution in [3.8, 4) is 0 Å². The van der Waals surface area contributed by atoms with Gasteiger partial charge in [0.05, 0.1) is 0 Å². The van der Waals surface area contributed by atoms with Gasteiger partial charge in [-0.2, -0.15) is 0 Å². The average Bonchev–Trinajstić information content (AvgIpc) is 2.19. The van der Waals surface area contributed by atoms with Crippen molar-refractivity contribution in [1.82, 2.24) is 5.32 Å². The van der Waals surface area contributed by atoms with Gasteiger partial charge in [-0.05, 0) is 55.9 Å². The molecule has 1 nitrogen and oxygen atoms in total. The Bertz CT molecular complexity index is 207. The molecule has 1 saturated heterocycles. The highest BCUT2D eigenvalue weighted by Crippen LogP contribution is 2.43. The molecule has 0 aromatic carbocycles. The SMILES string of the molecule is CC1(C)CNCC[C@@H]1[C@H]1CC[C@@H](Cl)CC1. The van der Waals surface area contributed by atoms with Crippen LogP contribution >= 0.6 is 11.6 Å². The third-order valence-corrected chi connectivity index (χ3v) is 4.92. The molecular formula is C13H24ClN. The summed E-state index contributed by atoms with van der Waals surface area (Å²) in [4.78, 5) is 0. The lowest BCUT2D eigenvalue weighted by Crippen LogP contribution is -2.46. The molecule has 0 aromatic heterocycles. The fourth-order valence-corrected chi connectivity index (χ4v) is 3.80. The Morgan fingerprint density at radius 2 is 1.73 bits per heavy atom. The Balaban J connectivity index is 1.96. The molecule has 0 amide bonds. The summed E-state index contributed by atoms with van der Waals surface area (Å²) in [6.07, 6.45) is 6.58. The highest BCUT2D eigenvalue weighted by molar-refractivity contribution is 6.20. The van der Waals surface area contributed by atoms with E-state index >= 15 is 0 Å². The lowest BCUT2D eigenvalue weighted by Gasteiger charge is -2.45. The molecule has 1 atom stereocenters. The van der Waals surface area contributed by atoms with Gasteiger partial charge in [0.1, 0.15) is 0 Å². The van der Waals surface area contributed by atoms with Crippen LogP contribution in [0.1, 0.15) is 46.0 Å². The smallest absolute Gasteiger partial charge is 0.0336 e. The number of hydrogen-bond donors (Lipinski definition) is 1. The fraction of sp³-hybridized carbons (Fsp3) is 1.00. The quantitative estimate of drug-likeness (QED) is 0.680. The molecule has 2 aliphatic rings. The van der Waals surface area contributed by atoms with Crippen molar-refractivity contribution in [2.24, 2.45) is 17.3 Å². The maximum atomic E-state index is 6.18. The summed E-state index contributed by atoms with van der Waals surface area (Å²) < 4.78 is 0. The summed E-state index contributed by atoms with van der Waals surface area (Å²) in [6.45, 7) is 7.26. The molecule has 2 fully saturated rings. The van der Waals surface area contributed by atoms with E-state index in [2.05, 4.69) is 19.2 Å². The number of hydrogen-bond acceptors (Lipinski definition) is 1. The van der Waals surface area contributed by atoms with Gasteiger partial charge in [0.2, 0.25) is 0 Å². The normalized spacial score (nSPS) is 41.4. The summed E-state index contributed by atoms with van der Waals surface area (Å²) in [5.74, 6) is 1.86. The van der Waals surface area contributed by atoms with Gasteiger partial charge in [-0.25, -0.2) is 0 Å². The first-order chi connectivity index (χ1) is 7.09. The van der Waals surface area contributed by atoms with Crippen molar-refractivity contribution in [3.05, 3.63) is 0 Å². The third-order valence-electron chi connectivity index (χ3n) is 4.49. The second-order valence-corrected chi connectivity index (χ2v) is 6.69. The van der Waals surface area contributed by atoms with E-state index in [1.165, 1.54) is 45.2 Å². The monoisotopic (exact) mass is 229 g/mol. The Morgan fingerprint density at radius 3 is 2.33 bits per heavy atom. The predicted octanol–water partition coefficient (Wildman–Crippen LogP) is 3.42. The van der Waals surface area contributed by atoms with E-state index < -0.39 is 0 Å². The second-order valence-electron chi connectivity index (χ2n) is 6.07. The molecule has 1 aliphatic carbocycles. The fourth-order valence-electron chi connectivity index (χ4n) is 3.54. The topological polar surface area (TPSA) is 12.0 Å². The molecule has 1 N–H and O–H groups in total. The average molecular weight is 230 g/mol. The van der Waals surface area contributed by atoms with Crippen LogP contribution in [0.2, 0.25) is 0 Å². The highest BCUT2D eigenvalue weighted by atomic mass is 35.5. The van der Waals surface area contributed by atoms with Crippen LogP contribution < -0.4 is 5.32 Å². The zero-order valence-electron chi connectivity index (χ0n) is 10.1. The van der Waals surface area contributed by atoms with Gasteiger partial charge in [-0.3, -0.25) is 0 Å². The van der Waals surface area contributed by atoms with Crippen LogP contribution in [-0.2, 0) is 0 Å². The number of halogens is 1. The standard InChI is InChI=1S/C13H24ClN/c1-13(2)9-15-8-7-12(13)10-3-5-11(14)6-4-10/h10-12,15H,3-9H2,1-2H3/t10-,11+,12-/m1/s1. The number of piperidine rings is 1. The molecule has 1 heterocycles. The van der Waals surface area contributed by atoms with Crippen LogP contribution in [0.15, 0.2) is 0 Å². The second kappa shape index (κ2) is 4.63. The molecule has 2 rings (SSSR count). The highest BCUT2D eigenvalue weighted by Gasteiger charge is 2.38. The van der Waals surface area contributed by atoms with E-state index in [0.29, 0.717) is 10.8 Å². The van der Waals surface area contributed by atoms with Gasteiger partial charge in [0.25, 0.3) is 0 Å². The van der Waals surface area contributed by atoms with E-state index in [9.17, 15) is 0 Å². The molecule has 0 bridgehead atoms. The molecule has 0 aromatic rings. The van der Waals surface area contributed by atoms with E-state index in [-0.39, 0.29) is 0 Å². The summed E-state index contributed by atoms with van der Waals surface area (Å²) in [5.41, 5.74) is 0.488. The van der Waals surface area contributed by atoms with Crippen molar-refractivity contribution in [2.45, 2.75) is 51.3 Å². The minimum Gasteiger partial charge on any atom is -0.316 e. The van der Waals surface area contributed by atoms with Gasteiger partial charge < -0.3 is 5.32 Å². The van der Waals surface area contributed by atoms with Crippen LogP contribution in [0.3, 0.4) is 0 Å². The van der Waals surface area contributed by atoms with Crippen molar-refractivity contribution < 1.29 is 0 Å². The molecule has 0 spiro atoms. The van der Waals surface area contributed by atoms with E-state index in [0.717, 1.165) is 11.8 Å². The number of alkyl halides is 1. The zero-order valence-corrected chi connectivity index (χ0v) is 10.8. The summed E-state index contributed by atoms with van der Waals surface area (Å²) in [5, 5.41) is 3.99. The zero-order chi connectivity index (χ0) is 10.9. The predicted molar refractivity (Wildman–Crippen MR) is 66.4 cm³/mol. The van der Waals surface area contributed by atoms with Gasteiger partial charge in [0, 0.05) is 11.9 Å². The number of nitrogens with one attached hydrogen (secondary N) is 1. The molecule has 2 heteroatoms. The van der Waals surface area contributed by atoms with Gasteiger partial charge in [-0.1, -0.05) is 13.8 Å². The molecule has 1 saturated carbocycles. The number of rotatable bonds is 1. The Morgan fingerprint density at radius 1 is 1.07 bits per heavy atom. The van der Waals surface area contributed by atoms with Crippen LogP contribution in [0.5, 0.6) is 0 Å². The van der Waals surface area contributed by atoms with Gasteiger partial charge in [0.15, 0.2) is 0 Å². The lowest BCUT2D eigenvalue weighted by molar-refractivity contribution is 0.0752. The minimum absolute atomic E-state index is 0.464. The summed E-state index contributed by atoms with van der Waals surface area (Å²) >= 11 is 6.18. The largest absolute Gasteiger partial charge is 0.316 e. The molecule has 88 valence electrons. The van der Waals surface area contributed by atoms with Crippen LogP contribution in [0.25, 0.3) is 0 Å². The van der Waals surface area contributed by atoms with Crippen LogP contribution in [-0.4, -0.2) is 18.5 Å². The first-order valence-corrected chi connectivity index (χ1v) is 6.88. The summed E-state index contributed by atoms with van der Waals surface area (Å²) in [7, 11) is 0. The third kappa shape index (κ3) is 2.68. The van der Waals surface area contributed by atoms with Crippen LogP contribution in [0, 0.1) is 17.3 Å². The lowest BCUT2D eigenvalue weighted by atomic mass is 9.64.